The van der Waals surface area contributed by atoms with Gasteiger partial charge in [0.1, 0.15) is 0 Å². The third kappa shape index (κ3) is 6.22. The fourth-order valence-electron chi connectivity index (χ4n) is 3.20. The lowest BCUT2D eigenvalue weighted by molar-refractivity contribution is 0.340. The molecule has 1 nitrogen and oxygen atoms in total. The van der Waals surface area contributed by atoms with E-state index in [0.29, 0.717) is 5.41 Å². The van der Waals surface area contributed by atoms with E-state index in [9.17, 15) is 0 Å². The summed E-state index contributed by atoms with van der Waals surface area (Å²) in [6, 6.07) is 11.2. The number of hydrogen-bond acceptors (Lipinski definition) is 1. The van der Waals surface area contributed by atoms with Crippen LogP contribution >= 0.6 is 0 Å². The van der Waals surface area contributed by atoms with Gasteiger partial charge in [-0.15, -0.1) is 0 Å². The maximum absolute atomic E-state index is 3.68. The second kappa shape index (κ2) is 10.8. The van der Waals surface area contributed by atoms with E-state index in [-0.39, 0.29) is 0 Å². The molecule has 1 unspecified atom stereocenters. The zero-order valence-electron chi connectivity index (χ0n) is 14.5. The molecule has 0 aliphatic carbocycles. The van der Waals surface area contributed by atoms with Gasteiger partial charge in [0, 0.05) is 12.0 Å². The molecule has 0 aromatic heterocycles. The summed E-state index contributed by atoms with van der Waals surface area (Å²) in [5, 5.41) is 3.68. The van der Waals surface area contributed by atoms with Gasteiger partial charge >= 0.3 is 0 Å². The van der Waals surface area contributed by atoms with Crippen LogP contribution in [0.1, 0.15) is 77.7 Å². The quantitative estimate of drug-likeness (QED) is 0.487. The molecule has 0 saturated heterocycles. The van der Waals surface area contributed by atoms with Crippen molar-refractivity contribution in [3.63, 3.8) is 0 Å². The average molecular weight is 290 g/mol. The zero-order valence-corrected chi connectivity index (χ0v) is 14.5. The number of hydrogen-bond donors (Lipinski definition) is 1. The minimum atomic E-state index is 0.322. The van der Waals surface area contributed by atoms with Crippen LogP contribution in [-0.2, 0) is 5.41 Å². The molecule has 0 bridgehead atoms. The van der Waals surface area contributed by atoms with Crippen LogP contribution in [0.4, 0.5) is 0 Å². The van der Waals surface area contributed by atoms with Gasteiger partial charge in [0.25, 0.3) is 0 Å². The van der Waals surface area contributed by atoms with E-state index in [0.717, 1.165) is 13.1 Å². The van der Waals surface area contributed by atoms with E-state index in [1.54, 1.807) is 0 Å². The summed E-state index contributed by atoms with van der Waals surface area (Å²) < 4.78 is 0. The van der Waals surface area contributed by atoms with Crippen LogP contribution in [0.5, 0.6) is 0 Å². The van der Waals surface area contributed by atoms with Crippen LogP contribution in [0.25, 0.3) is 0 Å². The van der Waals surface area contributed by atoms with Crippen LogP contribution in [0.2, 0.25) is 0 Å². The summed E-state index contributed by atoms with van der Waals surface area (Å²) in [6.07, 6.45) is 10.6. The molecule has 0 aliphatic rings. The summed E-state index contributed by atoms with van der Waals surface area (Å²) in [6.45, 7) is 9.13. The van der Waals surface area contributed by atoms with E-state index in [1.807, 2.05) is 0 Å². The van der Waals surface area contributed by atoms with Gasteiger partial charge in [-0.25, -0.2) is 0 Å². The van der Waals surface area contributed by atoms with Crippen molar-refractivity contribution in [3.05, 3.63) is 35.9 Å². The fraction of sp³-hybridized carbons (Fsp3) is 0.700. The van der Waals surface area contributed by atoms with Crippen molar-refractivity contribution in [2.75, 3.05) is 13.1 Å². The van der Waals surface area contributed by atoms with E-state index in [2.05, 4.69) is 56.4 Å². The predicted molar refractivity (Wildman–Crippen MR) is 94.9 cm³/mol. The first-order valence-corrected chi connectivity index (χ1v) is 9.05. The monoisotopic (exact) mass is 289 g/mol. The lowest BCUT2D eigenvalue weighted by Gasteiger charge is -2.34. The van der Waals surface area contributed by atoms with Crippen LogP contribution in [0.3, 0.4) is 0 Å². The van der Waals surface area contributed by atoms with Gasteiger partial charge in [-0.05, 0) is 31.4 Å². The van der Waals surface area contributed by atoms with Crippen LogP contribution in [0.15, 0.2) is 30.3 Å². The number of unbranched alkanes of at least 4 members (excludes halogenated alkanes) is 4. The van der Waals surface area contributed by atoms with Gasteiger partial charge in [-0.2, -0.15) is 0 Å². The smallest absolute Gasteiger partial charge is 0.00751 e. The number of benzene rings is 1. The molecular weight excluding hydrogens is 254 g/mol. The Bertz CT molecular complexity index is 346. The highest BCUT2D eigenvalue weighted by molar-refractivity contribution is 5.25. The van der Waals surface area contributed by atoms with Crippen LogP contribution in [0, 0.1) is 0 Å². The Labute approximate surface area is 132 Å². The molecule has 0 aliphatic heterocycles. The Morgan fingerprint density at radius 3 is 2.19 bits per heavy atom. The van der Waals surface area contributed by atoms with Gasteiger partial charge in [-0.3, -0.25) is 0 Å². The number of nitrogens with one attached hydrogen (secondary N) is 1. The standard InChI is InChI=1S/C20H35N/c1-4-7-8-9-13-16-20(6-3,18-21-17-5-2)19-14-11-10-12-15-19/h10-12,14-15,21H,4-9,13,16-18H2,1-3H3. The first-order valence-electron chi connectivity index (χ1n) is 9.05. The molecule has 1 atom stereocenters. The summed E-state index contributed by atoms with van der Waals surface area (Å²) in [5.41, 5.74) is 1.84. The van der Waals surface area contributed by atoms with Crippen LogP contribution < -0.4 is 5.32 Å². The van der Waals surface area contributed by atoms with Crippen molar-refractivity contribution in [3.8, 4) is 0 Å². The van der Waals surface area contributed by atoms with E-state index in [4.69, 9.17) is 0 Å². The van der Waals surface area contributed by atoms with Gasteiger partial charge in [0.15, 0.2) is 0 Å². The van der Waals surface area contributed by atoms with Crippen molar-refractivity contribution in [1.29, 1.82) is 0 Å². The van der Waals surface area contributed by atoms with Crippen molar-refractivity contribution >= 4 is 0 Å². The van der Waals surface area contributed by atoms with E-state index >= 15 is 0 Å². The SMILES string of the molecule is CCCCCCCC(CC)(CNCCC)c1ccccc1. The maximum Gasteiger partial charge on any atom is 0.00751 e. The summed E-state index contributed by atoms with van der Waals surface area (Å²) in [7, 11) is 0. The fourth-order valence-corrected chi connectivity index (χ4v) is 3.20. The molecule has 0 radical (unpaired) electrons. The predicted octanol–water partition coefficient (Wildman–Crippen LogP) is 5.69. The minimum absolute atomic E-state index is 0.322. The average Bonchev–Trinajstić information content (AvgIpc) is 2.54. The molecule has 1 heteroatoms. The van der Waals surface area contributed by atoms with Gasteiger partial charge < -0.3 is 5.32 Å². The molecule has 1 N–H and O–H groups in total. The van der Waals surface area contributed by atoms with E-state index < -0.39 is 0 Å². The van der Waals surface area contributed by atoms with Gasteiger partial charge in [0.2, 0.25) is 0 Å². The molecule has 0 saturated carbocycles. The minimum Gasteiger partial charge on any atom is -0.316 e. The molecule has 1 aromatic rings. The van der Waals surface area contributed by atoms with Gasteiger partial charge in [0.05, 0.1) is 0 Å². The Morgan fingerprint density at radius 1 is 0.857 bits per heavy atom. The second-order valence-electron chi connectivity index (χ2n) is 6.34. The lowest BCUT2D eigenvalue weighted by Crippen LogP contribution is -2.38. The lowest BCUT2D eigenvalue weighted by atomic mass is 9.74. The molecular formula is C20H35N. The van der Waals surface area contributed by atoms with Crippen molar-refractivity contribution in [1.82, 2.24) is 5.32 Å². The van der Waals surface area contributed by atoms with Crippen LogP contribution in [-0.4, -0.2) is 13.1 Å². The second-order valence-corrected chi connectivity index (χ2v) is 6.34. The highest BCUT2D eigenvalue weighted by atomic mass is 14.9. The maximum atomic E-state index is 3.68. The normalized spacial score (nSPS) is 14.0. The summed E-state index contributed by atoms with van der Waals surface area (Å²) in [5.74, 6) is 0. The third-order valence-corrected chi connectivity index (χ3v) is 4.71. The first kappa shape index (κ1) is 18.2. The zero-order chi connectivity index (χ0) is 15.4. The highest BCUT2D eigenvalue weighted by Gasteiger charge is 2.29. The largest absolute Gasteiger partial charge is 0.316 e. The molecule has 1 rings (SSSR count). The number of rotatable bonds is 12. The van der Waals surface area contributed by atoms with E-state index in [1.165, 1.54) is 56.9 Å². The van der Waals surface area contributed by atoms with Crippen molar-refractivity contribution in [2.24, 2.45) is 0 Å². The molecule has 21 heavy (non-hydrogen) atoms. The summed E-state index contributed by atoms with van der Waals surface area (Å²) >= 11 is 0. The Morgan fingerprint density at radius 2 is 1.57 bits per heavy atom. The Kier molecular flexibility index (Phi) is 9.41. The topological polar surface area (TPSA) is 12.0 Å². The molecule has 0 heterocycles. The van der Waals surface area contributed by atoms with Crippen molar-refractivity contribution < 1.29 is 0 Å². The molecule has 120 valence electrons. The van der Waals surface area contributed by atoms with Gasteiger partial charge in [-0.1, -0.05) is 83.2 Å². The molecule has 0 fully saturated rings. The Hall–Kier alpha value is -0.820. The molecule has 0 amide bonds. The highest BCUT2D eigenvalue weighted by Crippen LogP contribution is 2.33. The summed E-state index contributed by atoms with van der Waals surface area (Å²) in [4.78, 5) is 0. The Balaban J connectivity index is 2.67. The first-order chi connectivity index (χ1) is 10.3. The third-order valence-electron chi connectivity index (χ3n) is 4.71. The molecule has 0 spiro atoms. The van der Waals surface area contributed by atoms with Crippen molar-refractivity contribution in [2.45, 2.75) is 77.6 Å². The molecule has 1 aromatic carbocycles.